The Morgan fingerprint density at radius 3 is 2.94 bits per heavy atom. The molecule has 0 radical (unpaired) electrons. The molecule has 1 fully saturated rings. The van der Waals surface area contributed by atoms with Crippen LogP contribution in [-0.2, 0) is 14.6 Å². The fourth-order valence-electron chi connectivity index (χ4n) is 1.82. The third-order valence-corrected chi connectivity index (χ3v) is 4.57. The van der Waals surface area contributed by atoms with E-state index in [-0.39, 0.29) is 23.5 Å². The summed E-state index contributed by atoms with van der Waals surface area (Å²) in [6.07, 6.45) is 1.76. The highest BCUT2D eigenvalue weighted by Gasteiger charge is 2.33. The number of carbonyl (C=O) groups is 1. The van der Waals surface area contributed by atoms with Crippen molar-refractivity contribution >= 4 is 15.7 Å². The Kier molecular flexibility index (Phi) is 3.14. The SMILES string of the molecule is CC(NC(=O)C1CCS(=O)(=O)C1)c1ncn[nH]1. The molecule has 7 nitrogen and oxygen atoms in total. The molecule has 0 bridgehead atoms. The van der Waals surface area contributed by atoms with Gasteiger partial charge in [-0.3, -0.25) is 9.89 Å². The molecule has 0 aliphatic carbocycles. The maximum absolute atomic E-state index is 11.8. The van der Waals surface area contributed by atoms with E-state index in [1.54, 1.807) is 6.92 Å². The predicted octanol–water partition coefficient (Wildman–Crippen LogP) is -0.583. The Labute approximate surface area is 98.9 Å². The van der Waals surface area contributed by atoms with E-state index in [0.29, 0.717) is 12.2 Å². The molecule has 2 rings (SSSR count). The first-order chi connectivity index (χ1) is 7.98. The number of H-pyrrole nitrogens is 1. The second-order valence-corrected chi connectivity index (χ2v) is 6.43. The fraction of sp³-hybridized carbons (Fsp3) is 0.667. The second kappa shape index (κ2) is 4.44. The van der Waals surface area contributed by atoms with Crippen molar-refractivity contribution in [2.75, 3.05) is 11.5 Å². The number of aromatic amines is 1. The van der Waals surface area contributed by atoms with Gasteiger partial charge >= 0.3 is 0 Å². The maximum atomic E-state index is 11.8. The second-order valence-electron chi connectivity index (χ2n) is 4.20. The predicted molar refractivity (Wildman–Crippen MR) is 59.7 cm³/mol. The zero-order valence-electron chi connectivity index (χ0n) is 9.38. The highest BCUT2D eigenvalue weighted by atomic mass is 32.2. The van der Waals surface area contributed by atoms with E-state index in [0.717, 1.165) is 0 Å². The van der Waals surface area contributed by atoms with Crippen molar-refractivity contribution in [1.29, 1.82) is 0 Å². The van der Waals surface area contributed by atoms with Crippen molar-refractivity contribution in [3.05, 3.63) is 12.2 Å². The zero-order valence-corrected chi connectivity index (χ0v) is 10.2. The fourth-order valence-corrected chi connectivity index (χ4v) is 3.57. The average molecular weight is 258 g/mol. The van der Waals surface area contributed by atoms with E-state index in [2.05, 4.69) is 20.5 Å². The normalized spacial score (nSPS) is 24.4. The third kappa shape index (κ3) is 2.82. The van der Waals surface area contributed by atoms with Crippen molar-refractivity contribution in [3.63, 3.8) is 0 Å². The first kappa shape index (κ1) is 12.0. The van der Waals surface area contributed by atoms with Gasteiger partial charge in [-0.05, 0) is 13.3 Å². The summed E-state index contributed by atoms with van der Waals surface area (Å²) in [6, 6.07) is -0.298. The Balaban J connectivity index is 1.94. The highest BCUT2D eigenvalue weighted by Crippen LogP contribution is 2.19. The molecule has 8 heteroatoms. The van der Waals surface area contributed by atoms with Gasteiger partial charge in [-0.15, -0.1) is 0 Å². The summed E-state index contributed by atoms with van der Waals surface area (Å²) in [6.45, 7) is 1.77. The van der Waals surface area contributed by atoms with E-state index in [1.807, 2.05) is 0 Å². The smallest absolute Gasteiger partial charge is 0.224 e. The van der Waals surface area contributed by atoms with Gasteiger partial charge in [-0.1, -0.05) is 0 Å². The molecule has 2 atom stereocenters. The lowest BCUT2D eigenvalue weighted by Gasteiger charge is -2.13. The van der Waals surface area contributed by atoms with Crippen LogP contribution in [0.3, 0.4) is 0 Å². The van der Waals surface area contributed by atoms with Crippen LogP contribution in [0.1, 0.15) is 25.2 Å². The van der Waals surface area contributed by atoms with Crippen LogP contribution < -0.4 is 5.32 Å². The summed E-state index contributed by atoms with van der Waals surface area (Å²) in [4.78, 5) is 15.7. The lowest BCUT2D eigenvalue weighted by molar-refractivity contribution is -0.124. The molecule has 0 spiro atoms. The molecular weight excluding hydrogens is 244 g/mol. The van der Waals surface area contributed by atoms with Crippen LogP contribution in [0.15, 0.2) is 6.33 Å². The number of carbonyl (C=O) groups excluding carboxylic acids is 1. The van der Waals surface area contributed by atoms with Gasteiger partial charge in [0.1, 0.15) is 12.2 Å². The average Bonchev–Trinajstić information content (AvgIpc) is 2.86. The molecule has 1 aliphatic rings. The summed E-state index contributed by atoms with van der Waals surface area (Å²) in [5, 5.41) is 9.07. The van der Waals surface area contributed by atoms with Gasteiger partial charge in [0.15, 0.2) is 9.84 Å². The van der Waals surface area contributed by atoms with Crippen molar-refractivity contribution in [1.82, 2.24) is 20.5 Å². The van der Waals surface area contributed by atoms with Crippen molar-refractivity contribution < 1.29 is 13.2 Å². The molecule has 1 aliphatic heterocycles. The monoisotopic (exact) mass is 258 g/mol. The number of hydrogen-bond acceptors (Lipinski definition) is 5. The summed E-state index contributed by atoms with van der Waals surface area (Å²) in [5.41, 5.74) is 0. The molecule has 1 aromatic rings. The highest BCUT2D eigenvalue weighted by molar-refractivity contribution is 7.91. The van der Waals surface area contributed by atoms with Gasteiger partial charge in [-0.2, -0.15) is 5.10 Å². The molecule has 2 unspecified atom stereocenters. The van der Waals surface area contributed by atoms with Gasteiger partial charge in [0.2, 0.25) is 5.91 Å². The summed E-state index contributed by atoms with van der Waals surface area (Å²) in [7, 11) is -3.03. The Morgan fingerprint density at radius 2 is 2.41 bits per heavy atom. The summed E-state index contributed by atoms with van der Waals surface area (Å²) >= 11 is 0. The van der Waals surface area contributed by atoms with Crippen LogP contribution in [0, 0.1) is 5.92 Å². The van der Waals surface area contributed by atoms with E-state index >= 15 is 0 Å². The van der Waals surface area contributed by atoms with Crippen molar-refractivity contribution in [3.8, 4) is 0 Å². The topological polar surface area (TPSA) is 105 Å². The molecule has 1 amide bonds. The van der Waals surface area contributed by atoms with E-state index in [9.17, 15) is 13.2 Å². The summed E-state index contributed by atoms with van der Waals surface area (Å²) in [5.74, 6) is -0.0800. The standard InChI is InChI=1S/C9H14N4O3S/c1-6(8-10-5-11-13-8)12-9(14)7-2-3-17(15,16)4-7/h5-7H,2-4H2,1H3,(H,12,14)(H,10,11,13). The number of rotatable bonds is 3. The van der Waals surface area contributed by atoms with Crippen LogP contribution >= 0.6 is 0 Å². The quantitative estimate of drug-likeness (QED) is 0.754. The molecule has 17 heavy (non-hydrogen) atoms. The molecule has 0 aromatic carbocycles. The minimum absolute atomic E-state index is 0.0536. The van der Waals surface area contributed by atoms with Crippen molar-refractivity contribution in [2.24, 2.45) is 5.92 Å². The number of nitrogens with one attached hydrogen (secondary N) is 2. The molecule has 2 heterocycles. The third-order valence-electron chi connectivity index (χ3n) is 2.81. The number of aromatic nitrogens is 3. The Morgan fingerprint density at radius 1 is 1.65 bits per heavy atom. The number of nitrogens with zero attached hydrogens (tertiary/aromatic N) is 2. The molecule has 94 valence electrons. The van der Waals surface area contributed by atoms with Crippen LogP contribution in [0.5, 0.6) is 0 Å². The first-order valence-electron chi connectivity index (χ1n) is 5.34. The Hall–Kier alpha value is -1.44. The minimum Gasteiger partial charge on any atom is -0.346 e. The van der Waals surface area contributed by atoms with Gasteiger partial charge in [0.25, 0.3) is 0 Å². The first-order valence-corrected chi connectivity index (χ1v) is 7.16. The van der Waals surface area contributed by atoms with Crippen LogP contribution in [0.2, 0.25) is 0 Å². The lowest BCUT2D eigenvalue weighted by atomic mass is 10.1. The lowest BCUT2D eigenvalue weighted by Crippen LogP contribution is -2.33. The van der Waals surface area contributed by atoms with Crippen molar-refractivity contribution in [2.45, 2.75) is 19.4 Å². The number of amides is 1. The van der Waals surface area contributed by atoms with Gasteiger partial charge in [0, 0.05) is 0 Å². The molecule has 2 N–H and O–H groups in total. The van der Waals surface area contributed by atoms with Crippen LogP contribution in [0.25, 0.3) is 0 Å². The zero-order chi connectivity index (χ0) is 12.5. The van der Waals surface area contributed by atoms with Gasteiger partial charge < -0.3 is 5.32 Å². The molecule has 1 aromatic heterocycles. The maximum Gasteiger partial charge on any atom is 0.224 e. The largest absolute Gasteiger partial charge is 0.346 e. The van der Waals surface area contributed by atoms with E-state index in [4.69, 9.17) is 0 Å². The molecule has 1 saturated heterocycles. The van der Waals surface area contributed by atoms with E-state index < -0.39 is 15.8 Å². The van der Waals surface area contributed by atoms with Gasteiger partial charge in [0.05, 0.1) is 23.5 Å². The molecular formula is C9H14N4O3S. The van der Waals surface area contributed by atoms with E-state index in [1.165, 1.54) is 6.33 Å². The number of sulfone groups is 1. The number of hydrogen-bond donors (Lipinski definition) is 2. The Bertz CT molecular complexity index is 496. The van der Waals surface area contributed by atoms with Crippen LogP contribution in [-0.4, -0.2) is 41.0 Å². The molecule has 0 saturated carbocycles. The summed E-state index contributed by atoms with van der Waals surface area (Å²) < 4.78 is 22.5. The minimum atomic E-state index is -3.03. The van der Waals surface area contributed by atoms with Gasteiger partial charge in [-0.25, -0.2) is 13.4 Å². The van der Waals surface area contributed by atoms with Crippen LogP contribution in [0.4, 0.5) is 0 Å².